The van der Waals surface area contributed by atoms with Crippen molar-refractivity contribution < 1.29 is 32.7 Å². The van der Waals surface area contributed by atoms with Crippen LogP contribution in [0.2, 0.25) is 0 Å². The molecule has 0 aliphatic rings. The van der Waals surface area contributed by atoms with E-state index in [-0.39, 0.29) is 32.7 Å². The molecule has 1 rings (SSSR count). The zero-order chi connectivity index (χ0) is 11.0. The summed E-state index contributed by atoms with van der Waals surface area (Å²) < 4.78 is 0. The second-order valence-corrected chi connectivity index (χ2v) is 3.18. The summed E-state index contributed by atoms with van der Waals surface area (Å²) in [5, 5.41) is 0. The van der Waals surface area contributed by atoms with Crippen LogP contribution in [-0.2, 0) is 32.7 Å². The summed E-state index contributed by atoms with van der Waals surface area (Å²) in [6.07, 6.45) is 4.38. The van der Waals surface area contributed by atoms with E-state index in [0.717, 1.165) is 5.57 Å². The van der Waals surface area contributed by atoms with Gasteiger partial charge in [-0.2, -0.15) is 0 Å². The molecule has 1 heteroatoms. The van der Waals surface area contributed by atoms with Gasteiger partial charge in [-0.15, -0.1) is 13.8 Å². The first-order valence-electron chi connectivity index (χ1n) is 4.70. The molecule has 0 saturated carbocycles. The molecule has 1 aromatic rings. The van der Waals surface area contributed by atoms with E-state index in [4.69, 9.17) is 6.58 Å². The van der Waals surface area contributed by atoms with Gasteiger partial charge in [-0.25, -0.2) is 0 Å². The van der Waals surface area contributed by atoms with Crippen molar-refractivity contribution in [2.75, 3.05) is 0 Å². The molecule has 0 nitrogen and oxygen atoms in total. The second kappa shape index (κ2) is 10.3. The molecule has 0 bridgehead atoms. The summed E-state index contributed by atoms with van der Waals surface area (Å²) in [5.41, 5.74) is 3.73. The smallest absolute Gasteiger partial charge is 0 e. The number of allylic oxidation sites excluding steroid dienone is 3. The van der Waals surface area contributed by atoms with Crippen LogP contribution in [0.15, 0.2) is 35.9 Å². The van der Waals surface area contributed by atoms with E-state index in [1.807, 2.05) is 13.8 Å². The van der Waals surface area contributed by atoms with Crippen LogP contribution in [0, 0.1) is 26.5 Å². The number of hydrogen-bond acceptors (Lipinski definition) is 0. The molecule has 0 aliphatic heterocycles. The van der Waals surface area contributed by atoms with Gasteiger partial charge in [0.1, 0.15) is 0 Å². The van der Waals surface area contributed by atoms with Crippen LogP contribution in [-0.4, -0.2) is 0 Å². The second-order valence-electron chi connectivity index (χ2n) is 3.18. The molecular weight excluding hydrogens is 257 g/mol. The summed E-state index contributed by atoms with van der Waals surface area (Å²) in [6.45, 7) is 13.0. The number of hydrogen-bond donors (Lipinski definition) is 0. The third-order valence-electron chi connectivity index (χ3n) is 2.07. The van der Waals surface area contributed by atoms with Crippen LogP contribution in [0.5, 0.6) is 0 Å². The molecule has 1 aromatic carbocycles. The maximum absolute atomic E-state index is 5.06. The third kappa shape index (κ3) is 8.78. The van der Waals surface area contributed by atoms with Gasteiger partial charge in [0.2, 0.25) is 0 Å². The molecule has 0 aromatic heterocycles. The SMILES string of the molecule is Cc1ccccc1C.[CH-]=CC(C)=[C-]C.[Y]. The molecule has 0 heterocycles. The number of aryl methyl sites for hydroxylation is 2. The molecule has 79 valence electrons. The normalized spacial score (nSPS) is 9.47. The van der Waals surface area contributed by atoms with E-state index in [0.29, 0.717) is 0 Å². The zero-order valence-electron chi connectivity index (χ0n) is 10.0. The first-order chi connectivity index (χ1) is 6.61. The minimum atomic E-state index is 0. The first-order valence-corrected chi connectivity index (χ1v) is 4.70. The van der Waals surface area contributed by atoms with Crippen molar-refractivity contribution in [1.82, 2.24) is 0 Å². The Hall–Kier alpha value is -0.196. The Morgan fingerprint density at radius 2 is 1.60 bits per heavy atom. The fourth-order valence-corrected chi connectivity index (χ4v) is 0.746. The van der Waals surface area contributed by atoms with Crippen LogP contribution in [0.25, 0.3) is 0 Å². The molecular formula is C14H18Y-2. The molecule has 0 amide bonds. The van der Waals surface area contributed by atoms with Gasteiger partial charge in [0.25, 0.3) is 0 Å². The molecule has 0 saturated heterocycles. The predicted molar refractivity (Wildman–Crippen MR) is 62.9 cm³/mol. The largest absolute Gasteiger partial charge is 0.394 e. The van der Waals surface area contributed by atoms with E-state index in [2.05, 4.69) is 44.2 Å². The van der Waals surface area contributed by atoms with Gasteiger partial charge in [-0.05, 0) is 25.0 Å². The topological polar surface area (TPSA) is 0 Å². The van der Waals surface area contributed by atoms with Gasteiger partial charge in [-0.3, -0.25) is 0 Å². The quantitative estimate of drug-likeness (QED) is 0.536. The molecule has 0 atom stereocenters. The van der Waals surface area contributed by atoms with E-state index in [1.165, 1.54) is 17.2 Å². The van der Waals surface area contributed by atoms with E-state index >= 15 is 0 Å². The fourth-order valence-electron chi connectivity index (χ4n) is 0.746. The van der Waals surface area contributed by atoms with E-state index < -0.39 is 0 Å². The molecule has 0 aliphatic carbocycles. The van der Waals surface area contributed by atoms with Gasteiger partial charge >= 0.3 is 0 Å². The Kier molecular flexibility index (Phi) is 11.8. The Balaban J connectivity index is 0. The van der Waals surface area contributed by atoms with Crippen molar-refractivity contribution >= 4 is 0 Å². The van der Waals surface area contributed by atoms with Gasteiger partial charge in [0.15, 0.2) is 0 Å². The summed E-state index contributed by atoms with van der Waals surface area (Å²) in [7, 11) is 0. The van der Waals surface area contributed by atoms with Crippen molar-refractivity contribution in [3.05, 3.63) is 59.7 Å². The minimum absolute atomic E-state index is 0. The van der Waals surface area contributed by atoms with Crippen molar-refractivity contribution in [3.8, 4) is 0 Å². The standard InChI is InChI=1S/C8H10.C6H8.Y/c1-7-5-3-4-6-8(7)2;1-4-6(3)5-2;/h3-6H,1-2H3;1,4H,2-3H3;/q;-2;. The van der Waals surface area contributed by atoms with Crippen LogP contribution in [0.3, 0.4) is 0 Å². The van der Waals surface area contributed by atoms with Crippen LogP contribution in [0.1, 0.15) is 25.0 Å². The average Bonchev–Trinajstić information content (AvgIpc) is 2.22. The monoisotopic (exact) mass is 275 g/mol. The van der Waals surface area contributed by atoms with Crippen LogP contribution < -0.4 is 0 Å². The summed E-state index contributed by atoms with van der Waals surface area (Å²) in [6, 6.07) is 8.36. The van der Waals surface area contributed by atoms with Gasteiger partial charge in [0, 0.05) is 32.7 Å². The van der Waals surface area contributed by atoms with Crippen LogP contribution >= 0.6 is 0 Å². The number of rotatable bonds is 1. The van der Waals surface area contributed by atoms with Crippen molar-refractivity contribution in [2.45, 2.75) is 27.7 Å². The summed E-state index contributed by atoms with van der Waals surface area (Å²) in [5.74, 6) is 0. The van der Waals surface area contributed by atoms with Crippen molar-refractivity contribution in [1.29, 1.82) is 0 Å². The number of benzene rings is 1. The Bertz CT molecular complexity index is 290. The minimum Gasteiger partial charge on any atom is -0.394 e. The summed E-state index contributed by atoms with van der Waals surface area (Å²) >= 11 is 0. The molecule has 0 unspecified atom stereocenters. The molecule has 0 spiro atoms. The van der Waals surface area contributed by atoms with Crippen molar-refractivity contribution in [2.24, 2.45) is 0 Å². The molecule has 0 fully saturated rings. The molecule has 1 radical (unpaired) electrons. The van der Waals surface area contributed by atoms with Gasteiger partial charge < -0.3 is 24.3 Å². The molecule has 15 heavy (non-hydrogen) atoms. The fraction of sp³-hybridized carbons (Fsp3) is 0.286. The Morgan fingerprint density at radius 3 is 1.73 bits per heavy atom. The van der Waals surface area contributed by atoms with Crippen LogP contribution in [0.4, 0.5) is 0 Å². The third-order valence-corrected chi connectivity index (χ3v) is 2.07. The zero-order valence-corrected chi connectivity index (χ0v) is 12.9. The van der Waals surface area contributed by atoms with E-state index in [9.17, 15) is 0 Å². The van der Waals surface area contributed by atoms with Gasteiger partial charge in [-0.1, -0.05) is 24.3 Å². The average molecular weight is 275 g/mol. The Morgan fingerprint density at radius 1 is 1.20 bits per heavy atom. The first kappa shape index (κ1) is 17.2. The van der Waals surface area contributed by atoms with Gasteiger partial charge in [0.05, 0.1) is 0 Å². The molecule has 0 N–H and O–H groups in total. The Labute approximate surface area is 119 Å². The van der Waals surface area contributed by atoms with E-state index in [1.54, 1.807) is 0 Å². The maximum Gasteiger partial charge on any atom is 0 e. The summed E-state index contributed by atoms with van der Waals surface area (Å²) in [4.78, 5) is 0. The van der Waals surface area contributed by atoms with Crippen molar-refractivity contribution in [3.63, 3.8) is 0 Å². The maximum atomic E-state index is 5.06. The predicted octanol–water partition coefficient (Wildman–Crippen LogP) is 4.05.